The highest BCUT2D eigenvalue weighted by Crippen LogP contribution is 2.38. The normalized spacial score (nSPS) is 18.7. The molecule has 2 fully saturated rings. The number of carbonyl (C=O) groups is 4. The molecule has 2 atom stereocenters. The molecule has 2 saturated heterocycles. The van der Waals surface area contributed by atoms with E-state index in [-0.39, 0.29) is 54.9 Å². The van der Waals surface area contributed by atoms with Gasteiger partial charge in [0.2, 0.25) is 0 Å². The molecular formula is C36H47ClF3N7O6. The van der Waals surface area contributed by atoms with Gasteiger partial charge in [0.05, 0.1) is 22.9 Å². The third-order valence-electron chi connectivity index (χ3n) is 9.96. The molecule has 0 spiro atoms. The summed E-state index contributed by atoms with van der Waals surface area (Å²) in [6.45, 7) is 4.13. The van der Waals surface area contributed by atoms with E-state index in [1.807, 2.05) is 31.3 Å². The van der Waals surface area contributed by atoms with Crippen molar-refractivity contribution in [1.82, 2.24) is 25.3 Å². The van der Waals surface area contributed by atoms with E-state index >= 15 is 0 Å². The molecule has 3 heterocycles. The number of para-hydroxylation sites is 1. The Morgan fingerprint density at radius 1 is 1.06 bits per heavy atom. The van der Waals surface area contributed by atoms with Crippen molar-refractivity contribution in [2.45, 2.75) is 75.9 Å². The average molecular weight is 766 g/mol. The van der Waals surface area contributed by atoms with Gasteiger partial charge < -0.3 is 45.9 Å². The third kappa shape index (κ3) is 10.4. The molecule has 290 valence electrons. The minimum Gasteiger partial charge on any atom is -0.465 e. The third-order valence-corrected chi connectivity index (χ3v) is 10.3. The first-order valence-corrected chi connectivity index (χ1v) is 18.3. The molecule has 0 aromatic heterocycles. The monoisotopic (exact) mass is 765 g/mol. The van der Waals surface area contributed by atoms with Gasteiger partial charge in [0.15, 0.2) is 6.10 Å². The van der Waals surface area contributed by atoms with Gasteiger partial charge in [-0.05, 0) is 88.5 Å². The number of ether oxygens (including phenoxy) is 2. The summed E-state index contributed by atoms with van der Waals surface area (Å²) in [7, 11) is 2.00. The van der Waals surface area contributed by atoms with Crippen molar-refractivity contribution in [2.75, 3.05) is 64.0 Å². The van der Waals surface area contributed by atoms with E-state index in [4.69, 9.17) is 26.8 Å². The number of fused-ring (bicyclic) bond motifs is 1. The second-order valence-electron chi connectivity index (χ2n) is 13.7. The van der Waals surface area contributed by atoms with E-state index in [1.165, 1.54) is 11.0 Å². The van der Waals surface area contributed by atoms with Gasteiger partial charge in [-0.1, -0.05) is 29.8 Å². The van der Waals surface area contributed by atoms with Crippen molar-refractivity contribution >= 4 is 47.0 Å². The highest BCUT2D eigenvalue weighted by molar-refractivity contribution is 6.33. The van der Waals surface area contributed by atoms with Crippen LogP contribution in [0, 0.1) is 0 Å². The SMILES string of the molecule is CCOC(=O)[C@H](CNC(=O)[C@@H](Cc1cc(Cl)c(N)c(C(F)(F)F)c1)OC(=O)N1CCC(N2CCc3ccccc3NC2=O)CC1)NC1CCN(C)CC1. The predicted molar refractivity (Wildman–Crippen MR) is 192 cm³/mol. The second kappa shape index (κ2) is 17.7. The summed E-state index contributed by atoms with van der Waals surface area (Å²) < 4.78 is 52.4. The number of hydrogen-bond donors (Lipinski definition) is 4. The molecule has 0 aliphatic carbocycles. The van der Waals surface area contributed by atoms with Crippen LogP contribution in [0.15, 0.2) is 36.4 Å². The number of rotatable bonds is 11. The van der Waals surface area contributed by atoms with Crippen LogP contribution in [0.5, 0.6) is 0 Å². The van der Waals surface area contributed by atoms with Crippen LogP contribution < -0.4 is 21.7 Å². The molecule has 5 rings (SSSR count). The van der Waals surface area contributed by atoms with Crippen molar-refractivity contribution in [1.29, 1.82) is 0 Å². The van der Waals surface area contributed by atoms with E-state index < -0.39 is 54.0 Å². The first-order chi connectivity index (χ1) is 25.2. The fourth-order valence-electron chi connectivity index (χ4n) is 6.95. The maximum atomic E-state index is 13.8. The number of urea groups is 1. The number of nitrogens with one attached hydrogen (secondary N) is 3. The van der Waals surface area contributed by atoms with Crippen molar-refractivity contribution in [3.63, 3.8) is 0 Å². The number of nitrogen functional groups attached to an aromatic ring is 1. The zero-order valence-electron chi connectivity index (χ0n) is 29.8. The lowest BCUT2D eigenvalue weighted by Crippen LogP contribution is -2.54. The number of benzene rings is 2. The highest BCUT2D eigenvalue weighted by Gasteiger charge is 2.37. The molecule has 5 N–H and O–H groups in total. The van der Waals surface area contributed by atoms with Crippen molar-refractivity contribution < 1.29 is 41.8 Å². The Hall–Kier alpha value is -4.28. The standard InChI is InChI=1S/C36H47ClF3N7O6/c1-3-52-33(49)29(43-24-9-13-45(2)14-10-24)21-42-32(48)30(20-22-18-26(36(38,39)40)31(41)27(37)19-22)53-35(51)46-15-11-25(12-16-46)47-17-8-23-6-4-5-7-28(23)44-34(47)50/h4-7,18-19,24-25,29-30,43H,3,8-17,20-21,41H2,1-2H3,(H,42,48)(H,44,50)/t29-,30+/m0/s1. The van der Waals surface area contributed by atoms with Crippen LogP contribution in [0.25, 0.3) is 0 Å². The van der Waals surface area contributed by atoms with Crippen LogP contribution in [0.3, 0.4) is 0 Å². The van der Waals surface area contributed by atoms with E-state index in [9.17, 15) is 32.3 Å². The number of esters is 1. The van der Waals surface area contributed by atoms with Gasteiger partial charge >= 0.3 is 24.3 Å². The number of alkyl halides is 3. The number of carbonyl (C=O) groups excluding carboxylic acids is 4. The topological polar surface area (TPSA) is 159 Å². The van der Waals surface area contributed by atoms with E-state index in [0.717, 1.165) is 43.2 Å². The number of hydrogen-bond acceptors (Lipinski definition) is 9. The van der Waals surface area contributed by atoms with Gasteiger partial charge in [0, 0.05) is 50.4 Å². The van der Waals surface area contributed by atoms with Crippen LogP contribution in [0.4, 0.5) is 34.1 Å². The summed E-state index contributed by atoms with van der Waals surface area (Å²) in [6, 6.07) is 8.26. The maximum Gasteiger partial charge on any atom is 0.418 e. The van der Waals surface area contributed by atoms with Crippen LogP contribution in [-0.4, -0.2) is 116 Å². The number of anilines is 2. The lowest BCUT2D eigenvalue weighted by molar-refractivity contribution is -0.146. The number of likely N-dealkylation sites (tertiary alicyclic amines) is 2. The molecule has 3 aliphatic heterocycles. The van der Waals surface area contributed by atoms with Gasteiger partial charge in [-0.3, -0.25) is 9.59 Å². The number of nitrogens with zero attached hydrogens (tertiary/aromatic N) is 3. The largest absolute Gasteiger partial charge is 0.465 e. The molecule has 17 heteroatoms. The minimum atomic E-state index is -4.83. The Morgan fingerprint density at radius 2 is 1.75 bits per heavy atom. The van der Waals surface area contributed by atoms with Crippen molar-refractivity contribution in [2.24, 2.45) is 0 Å². The van der Waals surface area contributed by atoms with Crippen LogP contribution in [0.1, 0.15) is 49.3 Å². The van der Waals surface area contributed by atoms with Crippen molar-refractivity contribution in [3.05, 3.63) is 58.1 Å². The summed E-state index contributed by atoms with van der Waals surface area (Å²) >= 11 is 6.07. The molecule has 53 heavy (non-hydrogen) atoms. The van der Waals surface area contributed by atoms with Gasteiger partial charge in [-0.15, -0.1) is 0 Å². The summed E-state index contributed by atoms with van der Waals surface area (Å²) in [6.07, 6.45) is -4.63. The smallest absolute Gasteiger partial charge is 0.418 e. The second-order valence-corrected chi connectivity index (χ2v) is 14.1. The molecule has 2 aromatic carbocycles. The van der Waals surface area contributed by atoms with Crippen LogP contribution in [0.2, 0.25) is 5.02 Å². The molecular weight excluding hydrogens is 719 g/mol. The number of nitrogens with two attached hydrogens (primary N) is 1. The number of amides is 4. The molecule has 0 radical (unpaired) electrons. The lowest BCUT2D eigenvalue weighted by Gasteiger charge is -2.37. The summed E-state index contributed by atoms with van der Waals surface area (Å²) in [5, 5.41) is 8.50. The first-order valence-electron chi connectivity index (χ1n) is 17.9. The van der Waals surface area contributed by atoms with Crippen LogP contribution >= 0.6 is 11.6 Å². The van der Waals surface area contributed by atoms with Crippen molar-refractivity contribution in [3.8, 4) is 0 Å². The molecule has 0 saturated carbocycles. The van der Waals surface area contributed by atoms with E-state index in [0.29, 0.717) is 25.8 Å². The first kappa shape index (κ1) is 39.9. The Kier molecular flexibility index (Phi) is 13.3. The zero-order valence-corrected chi connectivity index (χ0v) is 30.6. The average Bonchev–Trinajstić information content (AvgIpc) is 3.29. The zero-order chi connectivity index (χ0) is 38.3. The Balaban J connectivity index is 1.27. The molecule has 2 aromatic rings. The van der Waals surface area contributed by atoms with Crippen LogP contribution in [-0.2, 0) is 38.1 Å². The Morgan fingerprint density at radius 3 is 2.43 bits per heavy atom. The lowest BCUT2D eigenvalue weighted by atomic mass is 10.0. The fraction of sp³-hybridized carbons (Fsp3) is 0.556. The van der Waals surface area contributed by atoms with Gasteiger partial charge in [0.1, 0.15) is 6.04 Å². The molecule has 3 aliphatic rings. The molecule has 13 nitrogen and oxygen atoms in total. The molecule has 0 bridgehead atoms. The van der Waals surface area contributed by atoms with Gasteiger partial charge in [-0.25, -0.2) is 9.59 Å². The Labute approximate surface area is 311 Å². The quantitative estimate of drug-likeness (QED) is 0.194. The molecule has 4 amide bonds. The van der Waals surface area contributed by atoms with E-state index in [1.54, 1.807) is 11.8 Å². The predicted octanol–water partition coefficient (Wildman–Crippen LogP) is 4.28. The van der Waals surface area contributed by atoms with Gasteiger partial charge in [0.25, 0.3) is 5.91 Å². The summed E-state index contributed by atoms with van der Waals surface area (Å²) in [4.78, 5) is 58.5. The fourth-order valence-corrected chi connectivity index (χ4v) is 7.19. The Bertz CT molecular complexity index is 1630. The summed E-state index contributed by atoms with van der Waals surface area (Å²) in [5.74, 6) is -1.40. The highest BCUT2D eigenvalue weighted by atomic mass is 35.5. The minimum absolute atomic E-state index is 0.0116. The number of piperidine rings is 2. The number of halogens is 4. The summed E-state index contributed by atoms with van der Waals surface area (Å²) in [5.41, 5.74) is 5.54. The molecule has 0 unspecified atom stereocenters. The van der Waals surface area contributed by atoms with Gasteiger partial charge in [-0.2, -0.15) is 13.2 Å². The van der Waals surface area contributed by atoms with E-state index in [2.05, 4.69) is 20.9 Å². The maximum absolute atomic E-state index is 13.8.